The molecule has 1 saturated heterocycles. The summed E-state index contributed by atoms with van der Waals surface area (Å²) in [6, 6.07) is 7.73. The average molecular weight is 395 g/mol. The highest BCUT2D eigenvalue weighted by Crippen LogP contribution is 2.23. The van der Waals surface area contributed by atoms with Crippen molar-refractivity contribution in [3.8, 4) is 11.4 Å². The molecule has 3 aromatic rings. The van der Waals surface area contributed by atoms with Crippen LogP contribution in [0, 0.1) is 0 Å². The predicted octanol–water partition coefficient (Wildman–Crippen LogP) is 2.38. The first-order valence-corrected chi connectivity index (χ1v) is 9.88. The normalized spacial score (nSPS) is 19.5. The third kappa shape index (κ3) is 3.50. The maximum Gasteiger partial charge on any atom is 0.264 e. The number of carbonyl (C=O) groups excluding carboxylic acids is 1. The summed E-state index contributed by atoms with van der Waals surface area (Å²) in [5, 5.41) is 4.71. The van der Waals surface area contributed by atoms with Crippen molar-refractivity contribution in [3.05, 3.63) is 47.1 Å². The molecular formula is C21H25N5O3. The SMILES string of the molecule is COc1ccc(-n2ncc3c(=O)n(CC(=O)N4[C@H](C)CCC[C@@H]4C)cnc32)cc1. The van der Waals surface area contributed by atoms with Gasteiger partial charge in [-0.1, -0.05) is 0 Å². The van der Waals surface area contributed by atoms with Gasteiger partial charge in [0.25, 0.3) is 5.56 Å². The third-order valence-electron chi connectivity index (χ3n) is 5.66. The Morgan fingerprint density at radius 1 is 1.17 bits per heavy atom. The lowest BCUT2D eigenvalue weighted by Crippen LogP contribution is -2.49. The Kier molecular flexibility index (Phi) is 5.08. The second kappa shape index (κ2) is 7.69. The summed E-state index contributed by atoms with van der Waals surface area (Å²) in [6.07, 6.45) is 6.06. The molecule has 152 valence electrons. The number of piperidine rings is 1. The summed E-state index contributed by atoms with van der Waals surface area (Å²) in [4.78, 5) is 32.1. The highest BCUT2D eigenvalue weighted by Gasteiger charge is 2.29. The topological polar surface area (TPSA) is 82.2 Å². The molecule has 2 aromatic heterocycles. The zero-order valence-corrected chi connectivity index (χ0v) is 16.9. The van der Waals surface area contributed by atoms with E-state index in [0.29, 0.717) is 11.0 Å². The molecule has 0 aliphatic carbocycles. The number of carbonyl (C=O) groups is 1. The van der Waals surface area contributed by atoms with Crippen LogP contribution in [0.4, 0.5) is 0 Å². The van der Waals surface area contributed by atoms with Crippen LogP contribution < -0.4 is 10.3 Å². The molecule has 4 rings (SSSR count). The van der Waals surface area contributed by atoms with Gasteiger partial charge in [0.2, 0.25) is 5.91 Å². The van der Waals surface area contributed by atoms with Gasteiger partial charge in [-0.15, -0.1) is 0 Å². The Morgan fingerprint density at radius 2 is 1.86 bits per heavy atom. The van der Waals surface area contributed by atoms with Gasteiger partial charge in [-0.25, -0.2) is 9.67 Å². The van der Waals surface area contributed by atoms with E-state index in [2.05, 4.69) is 23.9 Å². The van der Waals surface area contributed by atoms with Crippen molar-refractivity contribution in [3.63, 3.8) is 0 Å². The molecule has 2 atom stereocenters. The molecule has 1 aliphatic rings. The molecule has 1 fully saturated rings. The van der Waals surface area contributed by atoms with Crippen LogP contribution in [0.1, 0.15) is 33.1 Å². The number of benzene rings is 1. The minimum Gasteiger partial charge on any atom is -0.497 e. The molecule has 3 heterocycles. The van der Waals surface area contributed by atoms with Gasteiger partial charge in [0.15, 0.2) is 5.65 Å². The van der Waals surface area contributed by atoms with E-state index in [1.165, 1.54) is 17.1 Å². The number of amides is 1. The number of ether oxygens (including phenoxy) is 1. The molecule has 0 N–H and O–H groups in total. The molecule has 1 aromatic carbocycles. The number of aromatic nitrogens is 4. The van der Waals surface area contributed by atoms with Crippen molar-refractivity contribution in [1.29, 1.82) is 0 Å². The standard InChI is InChI=1S/C21H25N5O3/c1-14-5-4-6-15(2)25(14)19(27)12-24-13-22-20-18(21(24)28)11-23-26(20)16-7-9-17(29-3)10-8-16/h7-11,13-15H,4-6,12H2,1-3H3/t14-,15+. The quantitative estimate of drug-likeness (QED) is 0.677. The first-order chi connectivity index (χ1) is 14.0. The number of nitrogens with zero attached hydrogens (tertiary/aromatic N) is 5. The fourth-order valence-electron chi connectivity index (χ4n) is 4.11. The number of hydrogen-bond donors (Lipinski definition) is 0. The highest BCUT2D eigenvalue weighted by atomic mass is 16.5. The fourth-order valence-corrected chi connectivity index (χ4v) is 4.11. The van der Waals surface area contributed by atoms with Gasteiger partial charge in [-0.05, 0) is 57.4 Å². The van der Waals surface area contributed by atoms with E-state index in [9.17, 15) is 9.59 Å². The molecule has 0 saturated carbocycles. The smallest absolute Gasteiger partial charge is 0.264 e. The van der Waals surface area contributed by atoms with E-state index in [0.717, 1.165) is 30.7 Å². The molecule has 0 radical (unpaired) electrons. The summed E-state index contributed by atoms with van der Waals surface area (Å²) >= 11 is 0. The Bertz CT molecular complexity index is 1080. The molecule has 29 heavy (non-hydrogen) atoms. The van der Waals surface area contributed by atoms with Crippen LogP contribution in [0.3, 0.4) is 0 Å². The molecular weight excluding hydrogens is 370 g/mol. The van der Waals surface area contributed by atoms with E-state index in [-0.39, 0.29) is 30.1 Å². The second-order valence-corrected chi connectivity index (χ2v) is 7.60. The maximum atomic E-state index is 12.9. The molecule has 0 spiro atoms. The minimum atomic E-state index is -0.263. The van der Waals surface area contributed by atoms with E-state index in [1.54, 1.807) is 11.8 Å². The van der Waals surface area contributed by atoms with Crippen LogP contribution >= 0.6 is 0 Å². The lowest BCUT2D eigenvalue weighted by atomic mass is 9.97. The van der Waals surface area contributed by atoms with Crippen molar-refractivity contribution in [2.45, 2.75) is 51.7 Å². The molecule has 0 bridgehead atoms. The highest BCUT2D eigenvalue weighted by molar-refractivity contribution is 5.78. The second-order valence-electron chi connectivity index (χ2n) is 7.60. The Morgan fingerprint density at radius 3 is 2.52 bits per heavy atom. The van der Waals surface area contributed by atoms with Crippen molar-refractivity contribution in [1.82, 2.24) is 24.2 Å². The lowest BCUT2D eigenvalue weighted by Gasteiger charge is -2.39. The van der Waals surface area contributed by atoms with Gasteiger partial charge in [-0.2, -0.15) is 5.10 Å². The van der Waals surface area contributed by atoms with E-state index in [1.807, 2.05) is 29.2 Å². The third-order valence-corrected chi connectivity index (χ3v) is 5.66. The summed E-state index contributed by atoms with van der Waals surface area (Å²) in [6.45, 7) is 4.12. The first-order valence-electron chi connectivity index (χ1n) is 9.88. The molecule has 0 unspecified atom stereocenters. The van der Waals surface area contributed by atoms with Gasteiger partial charge in [-0.3, -0.25) is 14.2 Å². The minimum absolute atomic E-state index is 0.00975. The lowest BCUT2D eigenvalue weighted by molar-refractivity contribution is -0.138. The maximum absolute atomic E-state index is 12.9. The number of rotatable bonds is 4. The molecule has 8 nitrogen and oxygen atoms in total. The van der Waals surface area contributed by atoms with Gasteiger partial charge in [0.1, 0.15) is 24.0 Å². The van der Waals surface area contributed by atoms with Crippen molar-refractivity contribution >= 4 is 16.9 Å². The average Bonchev–Trinajstić information content (AvgIpc) is 3.15. The zero-order valence-electron chi connectivity index (χ0n) is 16.9. The van der Waals surface area contributed by atoms with Crippen LogP contribution in [0.25, 0.3) is 16.7 Å². The first kappa shape index (κ1) is 19.2. The Labute approximate surface area is 168 Å². The zero-order chi connectivity index (χ0) is 20.5. The Hall–Kier alpha value is -3.16. The fraction of sp³-hybridized carbons (Fsp3) is 0.429. The summed E-state index contributed by atoms with van der Waals surface area (Å²) in [5.74, 6) is 0.690. The Balaban J connectivity index is 1.63. The van der Waals surface area contributed by atoms with Crippen LogP contribution in [0.5, 0.6) is 5.75 Å². The van der Waals surface area contributed by atoms with Crippen LogP contribution in [-0.2, 0) is 11.3 Å². The van der Waals surface area contributed by atoms with Crippen molar-refractivity contribution in [2.75, 3.05) is 7.11 Å². The predicted molar refractivity (Wildman–Crippen MR) is 109 cm³/mol. The molecule has 1 aliphatic heterocycles. The summed E-state index contributed by atoms with van der Waals surface area (Å²) in [5.41, 5.74) is 0.974. The molecule has 1 amide bonds. The van der Waals surface area contributed by atoms with Gasteiger partial charge in [0.05, 0.1) is 19.0 Å². The number of fused-ring (bicyclic) bond motifs is 1. The van der Waals surface area contributed by atoms with Crippen LogP contribution in [-0.4, -0.2) is 49.3 Å². The molecule has 8 heteroatoms. The van der Waals surface area contributed by atoms with Gasteiger partial charge in [0, 0.05) is 12.1 Å². The van der Waals surface area contributed by atoms with E-state index < -0.39 is 0 Å². The number of methoxy groups -OCH3 is 1. The summed E-state index contributed by atoms with van der Waals surface area (Å²) < 4.78 is 8.16. The largest absolute Gasteiger partial charge is 0.497 e. The van der Waals surface area contributed by atoms with Crippen molar-refractivity contribution < 1.29 is 9.53 Å². The van der Waals surface area contributed by atoms with Gasteiger partial charge >= 0.3 is 0 Å². The van der Waals surface area contributed by atoms with Crippen LogP contribution in [0.15, 0.2) is 41.6 Å². The van der Waals surface area contributed by atoms with Gasteiger partial charge < -0.3 is 9.64 Å². The van der Waals surface area contributed by atoms with E-state index >= 15 is 0 Å². The van der Waals surface area contributed by atoms with Crippen molar-refractivity contribution in [2.24, 2.45) is 0 Å². The summed E-state index contributed by atoms with van der Waals surface area (Å²) in [7, 11) is 1.61. The van der Waals surface area contributed by atoms with E-state index in [4.69, 9.17) is 4.74 Å². The number of likely N-dealkylation sites (tertiary alicyclic amines) is 1. The monoisotopic (exact) mass is 395 g/mol. The number of hydrogen-bond acceptors (Lipinski definition) is 5. The van der Waals surface area contributed by atoms with Crippen LogP contribution in [0.2, 0.25) is 0 Å².